The third-order valence-corrected chi connectivity index (χ3v) is 4.21. The molecule has 0 unspecified atom stereocenters. The maximum absolute atomic E-state index is 5.99. The van der Waals surface area contributed by atoms with Crippen LogP contribution in [0.1, 0.15) is 18.4 Å². The normalized spacial score (nSPS) is 17.1. The topological polar surface area (TPSA) is 44.0 Å². The Morgan fingerprint density at radius 2 is 2.18 bits per heavy atom. The Balaban J connectivity index is 1.42. The van der Waals surface area contributed by atoms with Crippen molar-refractivity contribution in [3.8, 4) is 0 Å². The SMILES string of the molecule is Clc1cccc(C=CCN2CCC(Nc3ccn[nH]3)CC2)c1. The molecule has 116 valence electrons. The van der Waals surface area contributed by atoms with Crippen LogP contribution in [0.4, 0.5) is 5.82 Å². The van der Waals surface area contributed by atoms with E-state index in [1.165, 1.54) is 0 Å². The van der Waals surface area contributed by atoms with Crippen LogP contribution in [0.3, 0.4) is 0 Å². The Kier molecular flexibility index (Phi) is 5.14. The zero-order chi connectivity index (χ0) is 15.2. The van der Waals surface area contributed by atoms with E-state index < -0.39 is 0 Å². The number of aromatic nitrogens is 2. The Hall–Kier alpha value is -1.78. The van der Waals surface area contributed by atoms with Crippen molar-refractivity contribution in [3.63, 3.8) is 0 Å². The van der Waals surface area contributed by atoms with Crippen LogP contribution in [0.2, 0.25) is 5.02 Å². The Morgan fingerprint density at radius 1 is 1.32 bits per heavy atom. The minimum absolute atomic E-state index is 0.536. The minimum Gasteiger partial charge on any atom is -0.368 e. The van der Waals surface area contributed by atoms with E-state index in [9.17, 15) is 0 Å². The van der Waals surface area contributed by atoms with Gasteiger partial charge in [0.2, 0.25) is 0 Å². The van der Waals surface area contributed by atoms with Crippen molar-refractivity contribution in [2.75, 3.05) is 25.0 Å². The first kappa shape index (κ1) is 15.1. The number of hydrogen-bond donors (Lipinski definition) is 2. The molecule has 0 spiro atoms. The molecular formula is C17H21ClN4. The fourth-order valence-corrected chi connectivity index (χ4v) is 2.96. The van der Waals surface area contributed by atoms with Gasteiger partial charge in [-0.3, -0.25) is 10.00 Å². The van der Waals surface area contributed by atoms with Crippen LogP contribution in [0.15, 0.2) is 42.6 Å². The molecule has 5 heteroatoms. The summed E-state index contributed by atoms with van der Waals surface area (Å²) in [7, 11) is 0. The van der Waals surface area contributed by atoms with Gasteiger partial charge < -0.3 is 5.32 Å². The number of aromatic amines is 1. The molecule has 0 saturated carbocycles. The van der Waals surface area contributed by atoms with Crippen molar-refractivity contribution in [2.45, 2.75) is 18.9 Å². The van der Waals surface area contributed by atoms with Crippen molar-refractivity contribution < 1.29 is 0 Å². The molecule has 2 N–H and O–H groups in total. The summed E-state index contributed by atoms with van der Waals surface area (Å²) >= 11 is 5.99. The third-order valence-electron chi connectivity index (χ3n) is 3.97. The number of H-pyrrole nitrogens is 1. The highest BCUT2D eigenvalue weighted by atomic mass is 35.5. The van der Waals surface area contributed by atoms with Crippen LogP contribution in [0, 0.1) is 0 Å². The number of likely N-dealkylation sites (tertiary alicyclic amines) is 1. The molecule has 1 aromatic carbocycles. The van der Waals surface area contributed by atoms with Crippen molar-refractivity contribution in [3.05, 3.63) is 53.2 Å². The van der Waals surface area contributed by atoms with Crippen molar-refractivity contribution in [1.82, 2.24) is 15.1 Å². The predicted octanol–water partition coefficient (Wildman–Crippen LogP) is 3.65. The second kappa shape index (κ2) is 7.47. The van der Waals surface area contributed by atoms with E-state index in [-0.39, 0.29) is 0 Å². The first-order chi connectivity index (χ1) is 10.8. The lowest BCUT2D eigenvalue weighted by molar-refractivity contribution is 0.240. The fourth-order valence-electron chi connectivity index (χ4n) is 2.76. The van der Waals surface area contributed by atoms with Gasteiger partial charge in [0.1, 0.15) is 5.82 Å². The van der Waals surface area contributed by atoms with Gasteiger partial charge in [0.05, 0.1) is 6.20 Å². The monoisotopic (exact) mass is 316 g/mol. The molecule has 3 rings (SSSR count). The molecule has 0 bridgehead atoms. The highest BCUT2D eigenvalue weighted by Crippen LogP contribution is 2.15. The van der Waals surface area contributed by atoms with Gasteiger partial charge in [-0.1, -0.05) is 35.9 Å². The van der Waals surface area contributed by atoms with Gasteiger partial charge in [-0.15, -0.1) is 0 Å². The molecule has 1 aliphatic rings. The van der Waals surface area contributed by atoms with Gasteiger partial charge in [-0.25, -0.2) is 0 Å². The summed E-state index contributed by atoms with van der Waals surface area (Å²) in [5.74, 6) is 1.01. The second-order valence-electron chi connectivity index (χ2n) is 5.65. The van der Waals surface area contributed by atoms with Gasteiger partial charge in [-0.05, 0) is 36.6 Å². The average molecular weight is 317 g/mol. The number of hydrogen-bond acceptors (Lipinski definition) is 3. The van der Waals surface area contributed by atoms with Gasteiger partial charge in [0.25, 0.3) is 0 Å². The highest BCUT2D eigenvalue weighted by Gasteiger charge is 2.18. The number of rotatable bonds is 5. The Morgan fingerprint density at radius 3 is 2.91 bits per heavy atom. The van der Waals surface area contributed by atoms with Crippen LogP contribution >= 0.6 is 11.6 Å². The average Bonchev–Trinajstić information content (AvgIpc) is 3.02. The van der Waals surface area contributed by atoms with Crippen molar-refractivity contribution >= 4 is 23.5 Å². The van der Waals surface area contributed by atoms with Gasteiger partial charge in [0.15, 0.2) is 0 Å². The van der Waals surface area contributed by atoms with Crippen molar-refractivity contribution in [1.29, 1.82) is 0 Å². The van der Waals surface area contributed by atoms with Gasteiger partial charge in [-0.2, -0.15) is 5.10 Å². The molecule has 0 amide bonds. The highest BCUT2D eigenvalue weighted by molar-refractivity contribution is 6.30. The quantitative estimate of drug-likeness (QED) is 0.885. The summed E-state index contributed by atoms with van der Waals surface area (Å²) in [5.41, 5.74) is 1.16. The lowest BCUT2D eigenvalue weighted by atomic mass is 10.1. The molecule has 22 heavy (non-hydrogen) atoms. The van der Waals surface area contributed by atoms with Gasteiger partial charge >= 0.3 is 0 Å². The second-order valence-corrected chi connectivity index (χ2v) is 6.08. The molecule has 1 saturated heterocycles. The zero-order valence-electron chi connectivity index (χ0n) is 12.5. The summed E-state index contributed by atoms with van der Waals surface area (Å²) in [6, 6.07) is 10.4. The Bertz CT molecular complexity index is 601. The summed E-state index contributed by atoms with van der Waals surface area (Å²) in [6.07, 6.45) is 8.45. The summed E-state index contributed by atoms with van der Waals surface area (Å²) in [4.78, 5) is 2.48. The standard InChI is InChI=1S/C17H21ClN4/c18-15-5-1-3-14(13-15)4-2-10-22-11-7-16(8-12-22)20-17-6-9-19-21-17/h1-6,9,13,16H,7-8,10-12H2,(H2,19,20,21). The van der Waals surface area contributed by atoms with E-state index in [2.05, 4.69) is 38.6 Å². The maximum atomic E-state index is 5.99. The zero-order valence-corrected chi connectivity index (χ0v) is 13.3. The van der Waals surface area contributed by atoms with E-state index in [1.54, 1.807) is 6.20 Å². The number of anilines is 1. The van der Waals surface area contributed by atoms with E-state index in [0.29, 0.717) is 6.04 Å². The number of piperidine rings is 1. The lowest BCUT2D eigenvalue weighted by Crippen LogP contribution is -2.39. The molecule has 1 aromatic heterocycles. The number of nitrogens with one attached hydrogen (secondary N) is 2. The van der Waals surface area contributed by atoms with E-state index in [4.69, 9.17) is 11.6 Å². The van der Waals surface area contributed by atoms with E-state index in [1.807, 2.05) is 24.3 Å². The van der Waals surface area contributed by atoms with Crippen LogP contribution < -0.4 is 5.32 Å². The molecule has 0 aliphatic carbocycles. The molecule has 4 nitrogen and oxygen atoms in total. The first-order valence-electron chi connectivity index (χ1n) is 7.70. The van der Waals surface area contributed by atoms with Crippen LogP contribution in [0.25, 0.3) is 6.08 Å². The minimum atomic E-state index is 0.536. The molecule has 0 radical (unpaired) electrons. The molecule has 1 fully saturated rings. The fraction of sp³-hybridized carbons (Fsp3) is 0.353. The van der Waals surface area contributed by atoms with E-state index >= 15 is 0 Å². The molecule has 1 aliphatic heterocycles. The summed E-state index contributed by atoms with van der Waals surface area (Å²) < 4.78 is 0. The Labute approximate surface area is 136 Å². The molecule has 0 atom stereocenters. The first-order valence-corrected chi connectivity index (χ1v) is 8.08. The molecular weight excluding hydrogens is 296 g/mol. The van der Waals surface area contributed by atoms with Gasteiger partial charge in [0, 0.05) is 30.7 Å². The van der Waals surface area contributed by atoms with Crippen LogP contribution in [-0.2, 0) is 0 Å². The maximum Gasteiger partial charge on any atom is 0.121 e. The predicted molar refractivity (Wildman–Crippen MR) is 92.2 cm³/mol. The largest absolute Gasteiger partial charge is 0.368 e. The summed E-state index contributed by atoms with van der Waals surface area (Å²) in [5, 5.41) is 11.2. The third kappa shape index (κ3) is 4.36. The van der Waals surface area contributed by atoms with Crippen LogP contribution in [0.5, 0.6) is 0 Å². The smallest absolute Gasteiger partial charge is 0.121 e. The van der Waals surface area contributed by atoms with Crippen molar-refractivity contribution in [2.24, 2.45) is 0 Å². The number of halogens is 1. The lowest BCUT2D eigenvalue weighted by Gasteiger charge is -2.31. The summed E-state index contributed by atoms with van der Waals surface area (Å²) in [6.45, 7) is 3.22. The number of nitrogens with zero attached hydrogens (tertiary/aromatic N) is 2. The van der Waals surface area contributed by atoms with E-state index in [0.717, 1.165) is 48.9 Å². The molecule has 2 heterocycles. The van der Waals surface area contributed by atoms with Crippen LogP contribution in [-0.4, -0.2) is 40.8 Å². The molecule has 2 aromatic rings. The number of benzene rings is 1.